The van der Waals surface area contributed by atoms with Crippen LogP contribution in [0.4, 0.5) is 0 Å². The van der Waals surface area contributed by atoms with Gasteiger partial charge in [-0.15, -0.1) is 0 Å². The molecule has 7 heteroatoms. The fourth-order valence-corrected chi connectivity index (χ4v) is 3.20. The summed E-state index contributed by atoms with van der Waals surface area (Å²) in [4.78, 5) is 20.9. The third-order valence-corrected chi connectivity index (χ3v) is 4.97. The van der Waals surface area contributed by atoms with E-state index in [0.29, 0.717) is 5.56 Å². The lowest BCUT2D eigenvalue weighted by molar-refractivity contribution is 0.261. The number of rotatable bonds is 10. The number of fused-ring (bicyclic) bond motifs is 1. The molecule has 0 spiro atoms. The smallest absolute Gasteiger partial charge is 0.264 e. The summed E-state index contributed by atoms with van der Waals surface area (Å²) in [6, 6.07) is 8.91. The molecular formula is C23H35N5O2. The largest absolute Gasteiger partial charge is 0.493 e. The van der Waals surface area contributed by atoms with E-state index >= 15 is 0 Å². The van der Waals surface area contributed by atoms with Crippen LogP contribution in [0.25, 0.3) is 16.9 Å². The summed E-state index contributed by atoms with van der Waals surface area (Å²) in [6.07, 6.45) is 9.35. The molecule has 0 bridgehead atoms. The molecule has 2 aromatic heterocycles. The molecule has 0 aliphatic carbocycles. The zero-order valence-electron chi connectivity index (χ0n) is 18.5. The van der Waals surface area contributed by atoms with E-state index in [-0.39, 0.29) is 17.2 Å². The van der Waals surface area contributed by atoms with Crippen LogP contribution in [0.3, 0.4) is 0 Å². The van der Waals surface area contributed by atoms with Crippen molar-refractivity contribution in [2.24, 2.45) is 0 Å². The van der Waals surface area contributed by atoms with Crippen molar-refractivity contribution >= 4 is 5.78 Å². The third kappa shape index (κ3) is 6.69. The number of aromatic hydroxyl groups is 1. The monoisotopic (exact) mass is 413 g/mol. The fraction of sp³-hybridized carbons (Fsp3) is 0.522. The maximum absolute atomic E-state index is 11.9. The van der Waals surface area contributed by atoms with Gasteiger partial charge in [-0.1, -0.05) is 70.4 Å². The number of benzene rings is 1. The predicted molar refractivity (Wildman–Crippen MR) is 122 cm³/mol. The Morgan fingerprint density at radius 1 is 0.967 bits per heavy atom. The Hall–Kier alpha value is -2.67. The molecule has 0 aliphatic heterocycles. The van der Waals surface area contributed by atoms with Crippen LogP contribution in [0, 0.1) is 0 Å². The van der Waals surface area contributed by atoms with E-state index in [9.17, 15) is 9.90 Å². The minimum atomic E-state index is -0.394. The van der Waals surface area contributed by atoms with Gasteiger partial charge in [0, 0.05) is 0 Å². The lowest BCUT2D eigenvalue weighted by atomic mass is 10.1. The predicted octanol–water partition coefficient (Wildman–Crippen LogP) is 4.48. The van der Waals surface area contributed by atoms with E-state index in [1.165, 1.54) is 69.0 Å². The zero-order valence-corrected chi connectivity index (χ0v) is 18.5. The summed E-state index contributed by atoms with van der Waals surface area (Å²) in [7, 11) is 0. The number of hydrogen-bond donors (Lipinski definition) is 2. The second-order valence-corrected chi connectivity index (χ2v) is 7.42. The van der Waals surface area contributed by atoms with Crippen molar-refractivity contribution in [3.8, 4) is 17.0 Å². The van der Waals surface area contributed by atoms with Gasteiger partial charge in [-0.05, 0) is 44.5 Å². The van der Waals surface area contributed by atoms with Gasteiger partial charge < -0.3 is 10.0 Å². The van der Waals surface area contributed by atoms with Gasteiger partial charge >= 0.3 is 0 Å². The summed E-state index contributed by atoms with van der Waals surface area (Å²) in [6.45, 7) is 10.8. The topological polar surface area (TPSA) is 86.5 Å². The maximum atomic E-state index is 11.9. The van der Waals surface area contributed by atoms with Crippen LogP contribution in [-0.4, -0.2) is 49.2 Å². The van der Waals surface area contributed by atoms with E-state index < -0.39 is 5.56 Å². The molecule has 3 rings (SSSR count). The Bertz CT molecular complexity index is 901. The van der Waals surface area contributed by atoms with Crippen molar-refractivity contribution < 1.29 is 5.11 Å². The van der Waals surface area contributed by atoms with Gasteiger partial charge in [0.15, 0.2) is 0 Å². The van der Waals surface area contributed by atoms with Crippen molar-refractivity contribution in [3.05, 3.63) is 47.0 Å². The average Bonchev–Trinajstić information content (AvgIpc) is 3.23. The molecule has 2 N–H and O–H groups in total. The third-order valence-electron chi connectivity index (χ3n) is 4.97. The zero-order chi connectivity index (χ0) is 21.8. The Balaban J connectivity index is 0.000000224. The lowest BCUT2D eigenvalue weighted by Crippen LogP contribution is -2.27. The van der Waals surface area contributed by atoms with Gasteiger partial charge in [-0.3, -0.25) is 9.78 Å². The van der Waals surface area contributed by atoms with Crippen molar-refractivity contribution in [3.63, 3.8) is 0 Å². The lowest BCUT2D eigenvalue weighted by Gasteiger charge is -2.21. The second-order valence-electron chi connectivity index (χ2n) is 7.42. The van der Waals surface area contributed by atoms with E-state index in [1.54, 1.807) is 24.3 Å². The van der Waals surface area contributed by atoms with Crippen molar-refractivity contribution in [2.45, 2.75) is 59.3 Å². The van der Waals surface area contributed by atoms with Crippen LogP contribution in [0.2, 0.25) is 0 Å². The molecule has 0 saturated heterocycles. The highest BCUT2D eigenvalue weighted by Gasteiger charge is 2.14. The SMILES string of the molecule is CCCCN(CCCC)CCCC.O=c1[nH]c2ncnn2c(O)c1-c1ccccc1. The van der Waals surface area contributed by atoms with Gasteiger partial charge in [0.25, 0.3) is 5.56 Å². The van der Waals surface area contributed by atoms with Crippen molar-refractivity contribution in [2.75, 3.05) is 19.6 Å². The Morgan fingerprint density at radius 3 is 2.07 bits per heavy atom. The molecule has 3 aromatic rings. The Labute approximate surface area is 178 Å². The molecule has 0 amide bonds. The molecule has 0 radical (unpaired) electrons. The standard InChI is InChI=1S/C12H27N.C11H8N4O2/c1-4-7-10-13(11-8-5-2)12-9-6-3;16-9-8(7-4-2-1-3-5-7)10(17)15-11(14-9)12-6-13-15/h4-12H2,1-3H3;1-6,17H,(H,12,13,14,16). The molecule has 164 valence electrons. The molecular weight excluding hydrogens is 378 g/mol. The van der Waals surface area contributed by atoms with Crippen molar-refractivity contribution in [1.29, 1.82) is 0 Å². The van der Waals surface area contributed by atoms with E-state index in [2.05, 4.69) is 40.7 Å². The molecule has 0 aliphatic rings. The summed E-state index contributed by atoms with van der Waals surface area (Å²) in [5, 5.41) is 13.8. The van der Waals surface area contributed by atoms with Gasteiger partial charge in [0.1, 0.15) is 11.9 Å². The van der Waals surface area contributed by atoms with Crippen LogP contribution in [0.15, 0.2) is 41.5 Å². The molecule has 7 nitrogen and oxygen atoms in total. The van der Waals surface area contributed by atoms with Crippen LogP contribution in [-0.2, 0) is 0 Å². The molecule has 2 heterocycles. The van der Waals surface area contributed by atoms with Gasteiger partial charge in [0.05, 0.1) is 0 Å². The molecule has 1 aromatic carbocycles. The van der Waals surface area contributed by atoms with Gasteiger partial charge in [-0.25, -0.2) is 0 Å². The first-order chi connectivity index (χ1) is 14.6. The van der Waals surface area contributed by atoms with Crippen LogP contribution < -0.4 is 5.56 Å². The first kappa shape index (κ1) is 23.6. The van der Waals surface area contributed by atoms with Crippen LogP contribution in [0.1, 0.15) is 59.3 Å². The Kier molecular flexibility index (Phi) is 10.1. The summed E-state index contributed by atoms with van der Waals surface area (Å²) in [5.41, 5.74) is 0.418. The quantitative estimate of drug-likeness (QED) is 0.512. The molecule has 0 saturated carbocycles. The summed E-state index contributed by atoms with van der Waals surface area (Å²) in [5.74, 6) is -0.000342. The van der Waals surface area contributed by atoms with Gasteiger partial charge in [-0.2, -0.15) is 14.6 Å². The number of aromatic amines is 1. The highest BCUT2D eigenvalue weighted by molar-refractivity contribution is 5.68. The first-order valence-electron chi connectivity index (χ1n) is 11.0. The number of nitrogens with zero attached hydrogens (tertiary/aromatic N) is 4. The number of H-pyrrole nitrogens is 1. The fourth-order valence-electron chi connectivity index (χ4n) is 3.20. The highest BCUT2D eigenvalue weighted by atomic mass is 16.3. The van der Waals surface area contributed by atoms with E-state index in [4.69, 9.17) is 0 Å². The highest BCUT2D eigenvalue weighted by Crippen LogP contribution is 2.24. The van der Waals surface area contributed by atoms with E-state index in [1.807, 2.05) is 6.07 Å². The van der Waals surface area contributed by atoms with Crippen LogP contribution in [0.5, 0.6) is 5.88 Å². The number of hydrogen-bond acceptors (Lipinski definition) is 5. The number of unbranched alkanes of at least 4 members (excludes halogenated alkanes) is 3. The minimum absolute atomic E-state index is 0.184. The molecule has 0 fully saturated rings. The minimum Gasteiger partial charge on any atom is -0.493 e. The summed E-state index contributed by atoms with van der Waals surface area (Å²) < 4.78 is 1.18. The van der Waals surface area contributed by atoms with Crippen molar-refractivity contribution in [1.82, 2.24) is 24.5 Å². The maximum Gasteiger partial charge on any atom is 0.264 e. The first-order valence-corrected chi connectivity index (χ1v) is 11.0. The Morgan fingerprint density at radius 2 is 1.53 bits per heavy atom. The summed E-state index contributed by atoms with van der Waals surface area (Å²) >= 11 is 0. The normalized spacial score (nSPS) is 10.9. The van der Waals surface area contributed by atoms with E-state index in [0.717, 1.165) is 0 Å². The second kappa shape index (κ2) is 12.8. The average molecular weight is 414 g/mol. The number of aromatic nitrogens is 4. The number of nitrogens with one attached hydrogen (secondary N) is 1. The van der Waals surface area contributed by atoms with Crippen LogP contribution >= 0.6 is 0 Å². The molecule has 0 atom stereocenters. The molecule has 30 heavy (non-hydrogen) atoms. The molecule has 0 unspecified atom stereocenters. The van der Waals surface area contributed by atoms with Gasteiger partial charge in [0.2, 0.25) is 11.7 Å².